The number of benzene rings is 1. The molecule has 0 saturated heterocycles. The van der Waals surface area contributed by atoms with Crippen molar-refractivity contribution < 1.29 is 9.13 Å². The molecule has 0 aliphatic heterocycles. The molecule has 24 heavy (non-hydrogen) atoms. The Morgan fingerprint density at radius 1 is 1.25 bits per heavy atom. The molecule has 0 aliphatic rings. The summed E-state index contributed by atoms with van der Waals surface area (Å²) < 4.78 is 18.6. The third-order valence-corrected chi connectivity index (χ3v) is 3.62. The van der Waals surface area contributed by atoms with Gasteiger partial charge in [-0.1, -0.05) is 23.7 Å². The number of aliphatic imine (C=N–C) groups is 1. The lowest BCUT2D eigenvalue weighted by molar-refractivity contribution is 0.386. The van der Waals surface area contributed by atoms with Crippen LogP contribution in [0.1, 0.15) is 11.1 Å². The Hall–Kier alpha value is -2.34. The molecular weight excluding hydrogens is 331 g/mol. The van der Waals surface area contributed by atoms with Crippen molar-refractivity contribution >= 4 is 17.6 Å². The number of methoxy groups -OCH3 is 1. The van der Waals surface area contributed by atoms with Gasteiger partial charge in [-0.3, -0.25) is 4.99 Å². The van der Waals surface area contributed by atoms with Gasteiger partial charge in [-0.25, -0.2) is 9.37 Å². The van der Waals surface area contributed by atoms with E-state index in [9.17, 15) is 4.39 Å². The summed E-state index contributed by atoms with van der Waals surface area (Å²) in [6.45, 7) is 1.16. The molecule has 2 N–H and O–H groups in total. The monoisotopic (exact) mass is 350 g/mol. The van der Waals surface area contributed by atoms with Crippen LogP contribution in [0, 0.1) is 5.82 Å². The molecule has 128 valence electrons. The second kappa shape index (κ2) is 9.08. The Bertz CT molecular complexity index is 691. The van der Waals surface area contributed by atoms with Gasteiger partial charge in [-0.2, -0.15) is 0 Å². The molecule has 0 aliphatic carbocycles. The zero-order valence-electron chi connectivity index (χ0n) is 13.6. The number of aromatic nitrogens is 1. The maximum Gasteiger partial charge on any atom is 0.191 e. The Morgan fingerprint density at radius 2 is 2.04 bits per heavy atom. The molecule has 0 fully saturated rings. The predicted octanol–water partition coefficient (Wildman–Crippen LogP) is 2.79. The molecule has 0 spiro atoms. The predicted molar refractivity (Wildman–Crippen MR) is 94.1 cm³/mol. The standard InChI is InChI=1S/C17H20ClFN4O/c1-20-17(21-8-7-12-4-6-16(18)22-10-12)23-11-13-3-5-15(24-2)14(19)9-13/h3-6,9-10H,7-8,11H2,1-2H3,(H2,20,21,23). The van der Waals surface area contributed by atoms with E-state index in [2.05, 4.69) is 20.6 Å². The van der Waals surface area contributed by atoms with Crippen LogP contribution >= 0.6 is 11.6 Å². The highest BCUT2D eigenvalue weighted by atomic mass is 35.5. The first-order valence-electron chi connectivity index (χ1n) is 7.49. The van der Waals surface area contributed by atoms with Crippen LogP contribution in [0.15, 0.2) is 41.5 Å². The van der Waals surface area contributed by atoms with E-state index in [1.165, 1.54) is 13.2 Å². The summed E-state index contributed by atoms with van der Waals surface area (Å²) in [5.41, 5.74) is 1.89. The molecule has 0 atom stereocenters. The summed E-state index contributed by atoms with van der Waals surface area (Å²) in [6.07, 6.45) is 2.54. The molecule has 1 aromatic carbocycles. The topological polar surface area (TPSA) is 58.5 Å². The van der Waals surface area contributed by atoms with Crippen LogP contribution in [-0.2, 0) is 13.0 Å². The lowest BCUT2D eigenvalue weighted by Gasteiger charge is -2.12. The highest BCUT2D eigenvalue weighted by molar-refractivity contribution is 6.29. The fourth-order valence-electron chi connectivity index (χ4n) is 2.11. The van der Waals surface area contributed by atoms with Gasteiger partial charge in [0.2, 0.25) is 0 Å². The number of nitrogens with zero attached hydrogens (tertiary/aromatic N) is 2. The summed E-state index contributed by atoms with van der Waals surface area (Å²) in [7, 11) is 3.13. The molecule has 1 heterocycles. The van der Waals surface area contributed by atoms with Crippen molar-refractivity contribution in [2.45, 2.75) is 13.0 Å². The SMILES string of the molecule is CN=C(NCCc1ccc(Cl)nc1)NCc1ccc(OC)c(F)c1. The highest BCUT2D eigenvalue weighted by Gasteiger charge is 2.04. The number of rotatable bonds is 6. The Balaban J connectivity index is 1.80. The molecular formula is C17H20ClFN4O. The Labute approximate surface area is 145 Å². The second-order valence-electron chi connectivity index (χ2n) is 5.06. The van der Waals surface area contributed by atoms with Gasteiger partial charge < -0.3 is 15.4 Å². The van der Waals surface area contributed by atoms with Crippen molar-refractivity contribution in [3.63, 3.8) is 0 Å². The van der Waals surface area contributed by atoms with E-state index >= 15 is 0 Å². The first kappa shape index (κ1) is 18.0. The van der Waals surface area contributed by atoms with Gasteiger partial charge in [0.15, 0.2) is 17.5 Å². The lowest BCUT2D eigenvalue weighted by atomic mass is 10.2. The normalized spacial score (nSPS) is 11.2. The van der Waals surface area contributed by atoms with E-state index in [0.29, 0.717) is 24.2 Å². The third kappa shape index (κ3) is 5.38. The number of guanidine groups is 1. The molecule has 0 unspecified atom stereocenters. The maximum atomic E-state index is 13.7. The number of halogens is 2. The van der Waals surface area contributed by atoms with Crippen molar-refractivity contribution in [3.8, 4) is 5.75 Å². The largest absolute Gasteiger partial charge is 0.494 e. The minimum Gasteiger partial charge on any atom is -0.494 e. The van der Waals surface area contributed by atoms with Gasteiger partial charge in [-0.05, 0) is 35.7 Å². The van der Waals surface area contributed by atoms with Gasteiger partial charge in [0.25, 0.3) is 0 Å². The minimum absolute atomic E-state index is 0.234. The number of hydrogen-bond acceptors (Lipinski definition) is 3. The fourth-order valence-corrected chi connectivity index (χ4v) is 2.22. The van der Waals surface area contributed by atoms with E-state index in [0.717, 1.165) is 17.5 Å². The number of ether oxygens (including phenoxy) is 1. The molecule has 1 aromatic heterocycles. The third-order valence-electron chi connectivity index (χ3n) is 3.39. The maximum absolute atomic E-state index is 13.7. The summed E-state index contributed by atoms with van der Waals surface area (Å²) in [4.78, 5) is 8.19. The summed E-state index contributed by atoms with van der Waals surface area (Å²) >= 11 is 5.76. The highest BCUT2D eigenvalue weighted by Crippen LogP contribution is 2.17. The first-order valence-corrected chi connectivity index (χ1v) is 7.87. The molecule has 7 heteroatoms. The van der Waals surface area contributed by atoms with E-state index in [1.807, 2.05) is 12.1 Å². The van der Waals surface area contributed by atoms with Gasteiger partial charge in [0.1, 0.15) is 5.15 Å². The Morgan fingerprint density at radius 3 is 2.67 bits per heavy atom. The van der Waals surface area contributed by atoms with Gasteiger partial charge in [0, 0.05) is 26.3 Å². The summed E-state index contributed by atoms with van der Waals surface area (Å²) in [5.74, 6) is 0.501. The molecule has 0 amide bonds. The Kier molecular flexibility index (Phi) is 6.81. The average molecular weight is 351 g/mol. The van der Waals surface area contributed by atoms with Crippen molar-refractivity contribution in [1.82, 2.24) is 15.6 Å². The molecule has 0 saturated carbocycles. The fraction of sp³-hybridized carbons (Fsp3) is 0.294. The first-order chi connectivity index (χ1) is 11.6. The van der Waals surface area contributed by atoms with Crippen LogP contribution < -0.4 is 15.4 Å². The number of pyridine rings is 1. The van der Waals surface area contributed by atoms with Crippen molar-refractivity contribution in [1.29, 1.82) is 0 Å². The number of nitrogens with one attached hydrogen (secondary N) is 2. The van der Waals surface area contributed by atoms with E-state index in [4.69, 9.17) is 16.3 Å². The van der Waals surface area contributed by atoms with E-state index in [-0.39, 0.29) is 11.6 Å². The van der Waals surface area contributed by atoms with Crippen LogP contribution in [0.3, 0.4) is 0 Å². The molecule has 0 radical (unpaired) electrons. The zero-order valence-corrected chi connectivity index (χ0v) is 14.4. The number of hydrogen-bond donors (Lipinski definition) is 2. The summed E-state index contributed by atoms with van der Waals surface area (Å²) in [5, 5.41) is 6.82. The van der Waals surface area contributed by atoms with Crippen molar-refractivity contribution in [2.24, 2.45) is 4.99 Å². The van der Waals surface area contributed by atoms with Crippen molar-refractivity contribution in [2.75, 3.05) is 20.7 Å². The molecule has 5 nitrogen and oxygen atoms in total. The van der Waals surface area contributed by atoms with E-state index < -0.39 is 0 Å². The minimum atomic E-state index is -0.380. The van der Waals surface area contributed by atoms with Crippen LogP contribution in [0.5, 0.6) is 5.75 Å². The van der Waals surface area contributed by atoms with Crippen LogP contribution in [-0.4, -0.2) is 31.6 Å². The zero-order chi connectivity index (χ0) is 17.4. The smallest absolute Gasteiger partial charge is 0.191 e. The quantitative estimate of drug-likeness (QED) is 0.478. The van der Waals surface area contributed by atoms with E-state index in [1.54, 1.807) is 25.4 Å². The lowest BCUT2D eigenvalue weighted by Crippen LogP contribution is -2.37. The average Bonchev–Trinajstić information content (AvgIpc) is 2.59. The molecule has 2 rings (SSSR count). The van der Waals surface area contributed by atoms with Gasteiger partial charge in [-0.15, -0.1) is 0 Å². The summed E-state index contributed by atoms with van der Waals surface area (Å²) in [6, 6.07) is 8.56. The van der Waals surface area contributed by atoms with Crippen molar-refractivity contribution in [3.05, 3.63) is 58.6 Å². The second-order valence-corrected chi connectivity index (χ2v) is 5.45. The van der Waals surface area contributed by atoms with Gasteiger partial charge >= 0.3 is 0 Å². The molecule has 0 bridgehead atoms. The van der Waals surface area contributed by atoms with Crippen LogP contribution in [0.25, 0.3) is 0 Å². The molecule has 2 aromatic rings. The van der Waals surface area contributed by atoms with Crippen LogP contribution in [0.4, 0.5) is 4.39 Å². The van der Waals surface area contributed by atoms with Gasteiger partial charge in [0.05, 0.1) is 7.11 Å². The van der Waals surface area contributed by atoms with Crippen LogP contribution in [0.2, 0.25) is 5.15 Å².